The van der Waals surface area contributed by atoms with Crippen molar-refractivity contribution in [3.63, 3.8) is 0 Å². The first kappa shape index (κ1) is 23.0. The van der Waals surface area contributed by atoms with Crippen LogP contribution in [0.4, 0.5) is 8.78 Å². The number of benzene rings is 3. The molecule has 0 aliphatic heterocycles. The van der Waals surface area contributed by atoms with Gasteiger partial charge in [0, 0.05) is 0 Å². The molecule has 0 spiro atoms. The van der Waals surface area contributed by atoms with Crippen LogP contribution in [0.2, 0.25) is 0 Å². The van der Waals surface area contributed by atoms with Gasteiger partial charge in [0.1, 0.15) is 0 Å². The Balaban J connectivity index is 0.00000300. The molecule has 0 fully saturated rings. The minimum atomic E-state index is -3.09. The van der Waals surface area contributed by atoms with E-state index in [2.05, 4.69) is 0 Å². The van der Waals surface area contributed by atoms with E-state index in [1.165, 1.54) is 0 Å². The van der Waals surface area contributed by atoms with Crippen LogP contribution in [-0.2, 0) is 4.79 Å². The van der Waals surface area contributed by atoms with Crippen molar-refractivity contribution in [1.29, 1.82) is 0 Å². The predicted molar refractivity (Wildman–Crippen MR) is 120 cm³/mol. The van der Waals surface area contributed by atoms with Gasteiger partial charge >= 0.3 is 164 Å². The molecule has 0 bridgehead atoms. The van der Waals surface area contributed by atoms with E-state index in [0.717, 1.165) is 15.9 Å². The maximum atomic E-state index is 15.1. The number of alkyl halides is 2. The van der Waals surface area contributed by atoms with Crippen molar-refractivity contribution in [2.24, 2.45) is 0 Å². The molecule has 3 rings (SSSR count). The van der Waals surface area contributed by atoms with Crippen LogP contribution in [0.1, 0.15) is 12.8 Å². The Morgan fingerprint density at radius 3 is 1.41 bits per heavy atom. The topological polar surface area (TPSA) is 37.3 Å². The van der Waals surface area contributed by atoms with Crippen LogP contribution in [0.3, 0.4) is 0 Å². The van der Waals surface area contributed by atoms with Gasteiger partial charge in [-0.25, -0.2) is 0 Å². The second-order valence-corrected chi connectivity index (χ2v) is 10.8. The zero-order valence-electron chi connectivity index (χ0n) is 15.8. The Morgan fingerprint density at radius 1 is 0.759 bits per heavy atom. The maximum absolute atomic E-state index is 15.1. The van der Waals surface area contributed by atoms with Gasteiger partial charge in [-0.05, 0) is 0 Å². The molecule has 0 aliphatic rings. The van der Waals surface area contributed by atoms with E-state index in [1.807, 2.05) is 91.0 Å². The molecule has 0 radical (unpaired) electrons. The number of carboxylic acid groups (broad SMARTS) is 1. The number of aliphatic carboxylic acids is 1. The summed E-state index contributed by atoms with van der Waals surface area (Å²) in [6.45, 7) is 0. The van der Waals surface area contributed by atoms with Crippen LogP contribution in [0.5, 0.6) is 0 Å². The van der Waals surface area contributed by atoms with Crippen molar-refractivity contribution in [3.8, 4) is 0 Å². The number of halogens is 3. The number of carbonyl (C=O) groups is 1. The summed E-state index contributed by atoms with van der Waals surface area (Å²) in [4.78, 5) is 10.9. The van der Waals surface area contributed by atoms with Gasteiger partial charge in [-0.3, -0.25) is 0 Å². The van der Waals surface area contributed by atoms with Gasteiger partial charge < -0.3 is 0 Å². The SMILES string of the molecule is Cl.O=C(O)CCC(F)(F)C[PH](c1ccccc1)(c1ccccc1)c1ccccc1. The van der Waals surface area contributed by atoms with Crippen molar-refractivity contribution in [3.05, 3.63) is 91.0 Å². The molecule has 2 nitrogen and oxygen atoms in total. The van der Waals surface area contributed by atoms with Crippen LogP contribution in [0, 0.1) is 0 Å². The van der Waals surface area contributed by atoms with E-state index >= 15 is 8.78 Å². The molecule has 0 aromatic heterocycles. The third-order valence-corrected chi connectivity index (χ3v) is 10.0. The Morgan fingerprint density at radius 2 is 1.10 bits per heavy atom. The molecule has 3 aromatic rings. The fraction of sp³-hybridized carbons (Fsp3) is 0.174. The van der Waals surface area contributed by atoms with Crippen molar-refractivity contribution >= 4 is 41.6 Å². The molecule has 6 heteroatoms. The first-order chi connectivity index (χ1) is 13.4. The van der Waals surface area contributed by atoms with Gasteiger partial charge in [0.15, 0.2) is 0 Å². The number of hydrogen-bond donors (Lipinski definition) is 1. The van der Waals surface area contributed by atoms with E-state index in [1.54, 1.807) is 0 Å². The molecule has 0 amide bonds. The van der Waals surface area contributed by atoms with Gasteiger partial charge in [-0.15, -0.1) is 12.4 Å². The quantitative estimate of drug-likeness (QED) is 0.522. The van der Waals surface area contributed by atoms with Crippen LogP contribution in [0.25, 0.3) is 0 Å². The monoisotopic (exact) mass is 436 g/mol. The molecule has 0 saturated carbocycles. The summed E-state index contributed by atoms with van der Waals surface area (Å²) in [5, 5.41) is 11.6. The zero-order chi connectivity index (χ0) is 20.0. The van der Waals surface area contributed by atoms with Crippen LogP contribution >= 0.6 is 19.7 Å². The summed E-state index contributed by atoms with van der Waals surface area (Å²) in [6.07, 6.45) is -1.58. The molecule has 0 aliphatic carbocycles. The Kier molecular flexibility index (Phi) is 7.89. The van der Waals surface area contributed by atoms with Gasteiger partial charge in [-0.2, -0.15) is 0 Å². The van der Waals surface area contributed by atoms with Crippen molar-refractivity contribution in [2.45, 2.75) is 18.8 Å². The molecular weight excluding hydrogens is 413 g/mol. The minimum absolute atomic E-state index is 0. The van der Waals surface area contributed by atoms with Crippen molar-refractivity contribution < 1.29 is 18.7 Å². The summed E-state index contributed by atoms with van der Waals surface area (Å²) >= 11 is 0. The average molecular weight is 437 g/mol. The van der Waals surface area contributed by atoms with E-state index < -0.39 is 32.0 Å². The molecule has 29 heavy (non-hydrogen) atoms. The summed E-state index contributed by atoms with van der Waals surface area (Å²) in [6, 6.07) is 28.4. The Bertz CT molecular complexity index is 809. The molecule has 3 aromatic carbocycles. The Labute approximate surface area is 176 Å². The van der Waals surface area contributed by atoms with E-state index in [0.29, 0.717) is 0 Å². The zero-order valence-corrected chi connectivity index (χ0v) is 17.6. The number of hydrogen-bond acceptors (Lipinski definition) is 1. The number of carboxylic acids is 1. The van der Waals surface area contributed by atoms with Crippen LogP contribution < -0.4 is 15.9 Å². The summed E-state index contributed by atoms with van der Waals surface area (Å²) in [7, 11) is -3.07. The fourth-order valence-corrected chi connectivity index (χ4v) is 8.59. The molecule has 0 atom stereocenters. The van der Waals surface area contributed by atoms with Crippen molar-refractivity contribution in [1.82, 2.24) is 0 Å². The first-order valence-corrected chi connectivity index (χ1v) is 11.4. The van der Waals surface area contributed by atoms with Gasteiger partial charge in [0.2, 0.25) is 0 Å². The number of rotatable bonds is 8. The molecule has 154 valence electrons. The summed E-state index contributed by atoms with van der Waals surface area (Å²) < 4.78 is 30.2. The van der Waals surface area contributed by atoms with E-state index in [-0.39, 0.29) is 18.6 Å². The standard InChI is InChI=1S/C23H23F2O2P.ClH/c24-23(25,17-16-22(26)27)18-28(19-10-4-1-5-11-19,20-12-6-2-7-13-20)21-14-8-3-9-15-21;/h1-15,28H,16-18H2,(H,26,27);1H. The van der Waals surface area contributed by atoms with Crippen molar-refractivity contribution in [2.75, 3.05) is 6.16 Å². The predicted octanol–water partition coefficient (Wildman–Crippen LogP) is 4.63. The van der Waals surface area contributed by atoms with Crippen LogP contribution in [-0.4, -0.2) is 23.2 Å². The second-order valence-electron chi connectivity index (χ2n) is 6.93. The van der Waals surface area contributed by atoms with Gasteiger partial charge in [0.25, 0.3) is 0 Å². The van der Waals surface area contributed by atoms with Gasteiger partial charge in [-0.1, -0.05) is 0 Å². The third-order valence-electron chi connectivity index (χ3n) is 5.03. The Hall–Kier alpha value is -2.29. The second kappa shape index (κ2) is 9.96. The molecule has 0 heterocycles. The fourth-order valence-electron chi connectivity index (χ4n) is 3.74. The molecule has 0 unspecified atom stereocenters. The first-order valence-electron chi connectivity index (χ1n) is 9.20. The van der Waals surface area contributed by atoms with E-state index in [9.17, 15) is 4.79 Å². The normalized spacial score (nSPS) is 12.1. The van der Waals surface area contributed by atoms with Crippen LogP contribution in [0.15, 0.2) is 91.0 Å². The van der Waals surface area contributed by atoms with E-state index in [4.69, 9.17) is 5.11 Å². The molecular formula is C23H24ClF2O2P. The average Bonchev–Trinajstić information content (AvgIpc) is 2.73. The molecule has 0 saturated heterocycles. The summed E-state index contributed by atoms with van der Waals surface area (Å²) in [5.74, 6) is -4.29. The van der Waals surface area contributed by atoms with Gasteiger partial charge in [0.05, 0.1) is 0 Å². The third kappa shape index (κ3) is 5.41. The molecule has 1 N–H and O–H groups in total. The summed E-state index contributed by atoms with van der Waals surface area (Å²) in [5.41, 5.74) is 0.